The molecule has 132 valence electrons. The molecule has 2 rings (SSSR count). The zero-order valence-electron chi connectivity index (χ0n) is 14.7. The topological polar surface area (TPSA) is 44.8 Å². The molecule has 0 bridgehead atoms. The van der Waals surface area contributed by atoms with Crippen LogP contribution in [0, 0.1) is 0 Å². The molecule has 2 aromatic rings. The molecule has 0 aliphatic carbocycles. The predicted molar refractivity (Wildman–Crippen MR) is 98.3 cm³/mol. The summed E-state index contributed by atoms with van der Waals surface area (Å²) in [6, 6.07) is 17.7. The van der Waals surface area contributed by atoms with E-state index in [1.165, 1.54) is 6.92 Å². The van der Waals surface area contributed by atoms with Crippen LogP contribution in [-0.2, 0) is 20.9 Å². The van der Waals surface area contributed by atoms with Gasteiger partial charge in [0.25, 0.3) is 0 Å². The van der Waals surface area contributed by atoms with Crippen molar-refractivity contribution in [3.63, 3.8) is 0 Å². The fourth-order valence-corrected chi connectivity index (χ4v) is 2.30. The predicted octanol–water partition coefficient (Wildman–Crippen LogP) is 4.25. The van der Waals surface area contributed by atoms with Gasteiger partial charge in [0.05, 0.1) is 20.3 Å². The number of methoxy groups -OCH3 is 1. The van der Waals surface area contributed by atoms with Gasteiger partial charge in [-0.05, 0) is 29.3 Å². The van der Waals surface area contributed by atoms with Gasteiger partial charge in [-0.2, -0.15) is 0 Å². The number of carbonyl (C=O) groups is 1. The van der Waals surface area contributed by atoms with Crippen LogP contribution < -0.4 is 4.74 Å². The summed E-state index contributed by atoms with van der Waals surface area (Å²) in [5, 5.41) is 0. The van der Waals surface area contributed by atoms with Crippen LogP contribution in [0.2, 0.25) is 0 Å². The maximum Gasteiger partial charge on any atom is 0.303 e. The normalized spacial score (nSPS) is 12.1. The summed E-state index contributed by atoms with van der Waals surface area (Å²) in [7, 11) is 1.64. The Morgan fingerprint density at radius 2 is 1.80 bits per heavy atom. The average molecular weight is 340 g/mol. The first kappa shape index (κ1) is 18.7. The number of hydrogen-bond donors (Lipinski definition) is 0. The Morgan fingerprint density at radius 1 is 1.08 bits per heavy atom. The molecule has 0 N–H and O–H groups in total. The lowest BCUT2D eigenvalue weighted by atomic mass is 10.1. The molecule has 0 radical (unpaired) electrons. The lowest BCUT2D eigenvalue weighted by Crippen LogP contribution is -2.16. The Bertz CT molecular complexity index is 662. The van der Waals surface area contributed by atoms with Gasteiger partial charge in [0, 0.05) is 13.3 Å². The van der Waals surface area contributed by atoms with Gasteiger partial charge in [-0.15, -0.1) is 0 Å². The van der Waals surface area contributed by atoms with E-state index in [-0.39, 0.29) is 12.1 Å². The van der Waals surface area contributed by atoms with Crippen LogP contribution in [-0.4, -0.2) is 25.8 Å². The number of ether oxygens (including phenoxy) is 3. The van der Waals surface area contributed by atoms with Crippen LogP contribution in [0.3, 0.4) is 0 Å². The fourth-order valence-electron chi connectivity index (χ4n) is 2.30. The van der Waals surface area contributed by atoms with Gasteiger partial charge in [0.1, 0.15) is 11.9 Å². The molecule has 2 aromatic carbocycles. The van der Waals surface area contributed by atoms with Crippen molar-refractivity contribution >= 4 is 12.0 Å². The van der Waals surface area contributed by atoms with E-state index in [4.69, 9.17) is 14.2 Å². The summed E-state index contributed by atoms with van der Waals surface area (Å²) in [5.74, 6) is 0.530. The molecule has 4 nitrogen and oxygen atoms in total. The van der Waals surface area contributed by atoms with Crippen molar-refractivity contribution in [3.8, 4) is 5.75 Å². The molecule has 0 saturated carbocycles. The monoisotopic (exact) mass is 340 g/mol. The average Bonchev–Trinajstić information content (AvgIpc) is 2.64. The van der Waals surface area contributed by atoms with Crippen molar-refractivity contribution in [1.82, 2.24) is 0 Å². The second-order valence-corrected chi connectivity index (χ2v) is 5.61. The van der Waals surface area contributed by atoms with E-state index in [0.29, 0.717) is 19.6 Å². The largest absolute Gasteiger partial charge is 0.497 e. The minimum absolute atomic E-state index is 0.294. The standard InChI is InChI=1S/C21H24O4/c1-17(22)25-21(13-8-18-6-4-3-5-7-18)14-15-24-16-19-9-11-20(23-2)12-10-19/h3-13,21H,14-16H2,1-2H3/b13-8+/t21-/m0/s1. The number of hydrogen-bond acceptors (Lipinski definition) is 4. The summed E-state index contributed by atoms with van der Waals surface area (Å²) in [6.07, 6.45) is 4.16. The molecule has 0 fully saturated rings. The van der Waals surface area contributed by atoms with Crippen LogP contribution in [0.1, 0.15) is 24.5 Å². The molecule has 4 heteroatoms. The molecule has 0 aliphatic heterocycles. The zero-order valence-corrected chi connectivity index (χ0v) is 14.7. The highest BCUT2D eigenvalue weighted by Gasteiger charge is 2.08. The molecular formula is C21H24O4. The third-order valence-electron chi connectivity index (χ3n) is 3.59. The van der Waals surface area contributed by atoms with Gasteiger partial charge in [0.15, 0.2) is 0 Å². The second kappa shape index (κ2) is 10.3. The van der Waals surface area contributed by atoms with E-state index in [1.807, 2.05) is 66.7 Å². The molecule has 0 aromatic heterocycles. The third-order valence-corrected chi connectivity index (χ3v) is 3.59. The highest BCUT2D eigenvalue weighted by Crippen LogP contribution is 2.13. The van der Waals surface area contributed by atoms with E-state index in [1.54, 1.807) is 7.11 Å². The van der Waals surface area contributed by atoms with E-state index in [0.717, 1.165) is 16.9 Å². The Hall–Kier alpha value is -2.59. The molecule has 0 unspecified atom stereocenters. The smallest absolute Gasteiger partial charge is 0.303 e. The molecule has 0 aliphatic rings. The Morgan fingerprint density at radius 3 is 2.44 bits per heavy atom. The van der Waals surface area contributed by atoms with Crippen LogP contribution in [0.25, 0.3) is 6.08 Å². The number of rotatable bonds is 9. The lowest BCUT2D eigenvalue weighted by molar-refractivity contribution is -0.144. The van der Waals surface area contributed by atoms with Crippen LogP contribution >= 0.6 is 0 Å². The quantitative estimate of drug-likeness (QED) is 0.506. The first-order valence-electron chi connectivity index (χ1n) is 8.28. The van der Waals surface area contributed by atoms with Crippen molar-refractivity contribution in [3.05, 3.63) is 71.8 Å². The molecule has 25 heavy (non-hydrogen) atoms. The highest BCUT2D eigenvalue weighted by molar-refractivity contribution is 5.66. The van der Waals surface area contributed by atoms with Crippen LogP contribution in [0.4, 0.5) is 0 Å². The Labute approximate surface area is 149 Å². The summed E-state index contributed by atoms with van der Waals surface area (Å²) < 4.78 is 16.2. The van der Waals surface area contributed by atoms with E-state index < -0.39 is 0 Å². The first-order valence-corrected chi connectivity index (χ1v) is 8.28. The minimum atomic E-state index is -0.298. The third kappa shape index (κ3) is 7.23. The van der Waals surface area contributed by atoms with Crippen molar-refractivity contribution in [2.24, 2.45) is 0 Å². The van der Waals surface area contributed by atoms with Gasteiger partial charge in [-0.3, -0.25) is 4.79 Å². The van der Waals surface area contributed by atoms with Crippen molar-refractivity contribution in [1.29, 1.82) is 0 Å². The van der Waals surface area contributed by atoms with Gasteiger partial charge in [-0.25, -0.2) is 0 Å². The number of esters is 1. The summed E-state index contributed by atoms with van der Waals surface area (Å²) in [5.41, 5.74) is 2.14. The Kier molecular flexibility index (Phi) is 7.73. The van der Waals surface area contributed by atoms with Crippen molar-refractivity contribution < 1.29 is 19.0 Å². The Balaban J connectivity index is 1.80. The highest BCUT2D eigenvalue weighted by atomic mass is 16.5. The summed E-state index contributed by atoms with van der Waals surface area (Å²) in [6.45, 7) is 2.43. The van der Waals surface area contributed by atoms with Crippen molar-refractivity contribution in [2.75, 3.05) is 13.7 Å². The van der Waals surface area contributed by atoms with Gasteiger partial charge < -0.3 is 14.2 Å². The molecule has 0 saturated heterocycles. The molecule has 0 heterocycles. The maximum atomic E-state index is 11.3. The molecule has 0 amide bonds. The fraction of sp³-hybridized carbons (Fsp3) is 0.286. The first-order chi connectivity index (χ1) is 12.2. The SMILES string of the molecule is COc1ccc(COCC[C@H](/C=C/c2ccccc2)OC(C)=O)cc1. The number of benzene rings is 2. The second-order valence-electron chi connectivity index (χ2n) is 5.61. The summed E-state index contributed by atoms with van der Waals surface area (Å²) >= 11 is 0. The van der Waals surface area contributed by atoms with Crippen LogP contribution in [0.15, 0.2) is 60.7 Å². The van der Waals surface area contributed by atoms with Gasteiger partial charge in [-0.1, -0.05) is 48.5 Å². The lowest BCUT2D eigenvalue weighted by Gasteiger charge is -2.13. The molecular weight excluding hydrogens is 316 g/mol. The van der Waals surface area contributed by atoms with Crippen LogP contribution in [0.5, 0.6) is 5.75 Å². The van der Waals surface area contributed by atoms with E-state index in [9.17, 15) is 4.79 Å². The summed E-state index contributed by atoms with van der Waals surface area (Å²) in [4.78, 5) is 11.3. The van der Waals surface area contributed by atoms with E-state index in [2.05, 4.69) is 0 Å². The van der Waals surface area contributed by atoms with Gasteiger partial charge in [0.2, 0.25) is 0 Å². The van der Waals surface area contributed by atoms with Crippen molar-refractivity contribution in [2.45, 2.75) is 26.1 Å². The molecule has 1 atom stereocenters. The minimum Gasteiger partial charge on any atom is -0.497 e. The maximum absolute atomic E-state index is 11.3. The zero-order chi connectivity index (χ0) is 17.9. The number of carbonyl (C=O) groups excluding carboxylic acids is 1. The molecule has 0 spiro atoms. The van der Waals surface area contributed by atoms with Gasteiger partial charge >= 0.3 is 5.97 Å². The van der Waals surface area contributed by atoms with E-state index >= 15 is 0 Å².